The highest BCUT2D eigenvalue weighted by molar-refractivity contribution is 5.84. The van der Waals surface area contributed by atoms with Crippen LogP contribution in [0.4, 0.5) is 15.8 Å². The van der Waals surface area contributed by atoms with Gasteiger partial charge >= 0.3 is 0 Å². The summed E-state index contributed by atoms with van der Waals surface area (Å²) in [4.78, 5) is 1.84. The van der Waals surface area contributed by atoms with E-state index in [1.807, 2.05) is 85.5 Å². The molecule has 0 atom stereocenters. The molecule has 0 amide bonds. The maximum Gasteiger partial charge on any atom is 0.147 e. The molecule has 0 radical (unpaired) electrons. The molecular formula is C31H30FN. The number of hydrogen-bond acceptors (Lipinski definition) is 1. The van der Waals surface area contributed by atoms with Crippen molar-refractivity contribution in [2.24, 2.45) is 0 Å². The second-order valence-electron chi connectivity index (χ2n) is 9.58. The molecule has 0 fully saturated rings. The molecule has 0 N–H and O–H groups in total. The van der Waals surface area contributed by atoms with Crippen molar-refractivity contribution in [2.45, 2.75) is 46.0 Å². The molecule has 166 valence electrons. The summed E-state index contributed by atoms with van der Waals surface area (Å²) in [6.07, 6.45) is 0. The summed E-state index contributed by atoms with van der Waals surface area (Å²) in [6, 6.07) is 26.7. The minimum atomic E-state index is -2.35. The number of hydrogen-bond donors (Lipinski definition) is 0. The van der Waals surface area contributed by atoms with Crippen LogP contribution >= 0.6 is 0 Å². The first-order chi connectivity index (χ1) is 17.0. The van der Waals surface area contributed by atoms with Gasteiger partial charge in [0.2, 0.25) is 0 Å². The molecule has 1 nitrogen and oxygen atoms in total. The standard InChI is InChI=1S/C31H30FN/c1-20(2)33(29-17-23(16-15-21(29)3)22-11-7-6-8-12-22)30-19-27-25(18-28(30)32)24-13-9-10-14-26(24)31(27,4)5/h6-20H,1-5H3/i3D3. The molecular weight excluding hydrogens is 405 g/mol. The SMILES string of the molecule is [2H]C([2H])([2H])c1ccc(-c2ccccc2)cc1N(c1cc2c(cc1F)-c1ccccc1C2(C)C)C(C)C. The number of rotatable bonds is 4. The molecule has 0 heterocycles. The summed E-state index contributed by atoms with van der Waals surface area (Å²) in [7, 11) is 0. The van der Waals surface area contributed by atoms with Crippen molar-refractivity contribution in [2.75, 3.05) is 4.90 Å². The number of aryl methyl sites for hydroxylation is 1. The van der Waals surface area contributed by atoms with Gasteiger partial charge in [-0.15, -0.1) is 0 Å². The van der Waals surface area contributed by atoms with Gasteiger partial charge in [0.15, 0.2) is 0 Å². The van der Waals surface area contributed by atoms with Gasteiger partial charge in [0, 0.05) is 21.3 Å². The minimum absolute atomic E-state index is 0.184. The van der Waals surface area contributed by atoms with E-state index in [0.29, 0.717) is 11.4 Å². The van der Waals surface area contributed by atoms with Crippen LogP contribution in [-0.2, 0) is 5.41 Å². The van der Waals surface area contributed by atoms with Crippen LogP contribution in [-0.4, -0.2) is 6.04 Å². The monoisotopic (exact) mass is 438 g/mol. The molecule has 0 aromatic heterocycles. The molecule has 1 aliphatic rings. The minimum Gasteiger partial charge on any atom is -0.336 e. The zero-order chi connectivity index (χ0) is 25.8. The van der Waals surface area contributed by atoms with Gasteiger partial charge < -0.3 is 4.90 Å². The van der Waals surface area contributed by atoms with Gasteiger partial charge in [0.25, 0.3) is 0 Å². The first-order valence-electron chi connectivity index (χ1n) is 12.9. The molecule has 0 bridgehead atoms. The molecule has 4 aromatic rings. The smallest absolute Gasteiger partial charge is 0.147 e. The van der Waals surface area contributed by atoms with Gasteiger partial charge in [0.1, 0.15) is 5.82 Å². The lowest BCUT2D eigenvalue weighted by molar-refractivity contribution is 0.613. The fraction of sp³-hybridized carbons (Fsp3) is 0.226. The molecule has 0 aliphatic heterocycles. The lowest BCUT2D eigenvalue weighted by atomic mass is 9.82. The van der Waals surface area contributed by atoms with Crippen LogP contribution in [0, 0.1) is 12.7 Å². The zero-order valence-electron chi connectivity index (χ0n) is 22.5. The van der Waals surface area contributed by atoms with Crippen molar-refractivity contribution in [3.05, 3.63) is 107 Å². The van der Waals surface area contributed by atoms with Crippen LogP contribution < -0.4 is 4.90 Å². The summed E-state index contributed by atoms with van der Waals surface area (Å²) in [5.41, 5.74) is 6.82. The molecule has 1 aliphatic carbocycles. The van der Waals surface area contributed by atoms with E-state index in [-0.39, 0.29) is 22.8 Å². The van der Waals surface area contributed by atoms with E-state index in [9.17, 15) is 0 Å². The Bertz CT molecular complexity index is 1440. The van der Waals surface area contributed by atoms with Crippen LogP contribution in [0.2, 0.25) is 0 Å². The van der Waals surface area contributed by atoms with Crippen LogP contribution in [0.25, 0.3) is 22.3 Å². The van der Waals surface area contributed by atoms with E-state index >= 15 is 4.39 Å². The summed E-state index contributed by atoms with van der Waals surface area (Å²) in [5, 5.41) is 0. The van der Waals surface area contributed by atoms with E-state index in [1.54, 1.807) is 12.1 Å². The Morgan fingerprint density at radius 1 is 0.758 bits per heavy atom. The molecule has 0 unspecified atom stereocenters. The summed E-state index contributed by atoms with van der Waals surface area (Å²) in [6.45, 7) is 5.89. The number of benzene rings is 4. The van der Waals surface area contributed by atoms with E-state index in [0.717, 1.165) is 27.8 Å². The summed E-state index contributed by atoms with van der Waals surface area (Å²) < 4.78 is 40.6. The second kappa shape index (κ2) is 7.88. The fourth-order valence-corrected chi connectivity index (χ4v) is 5.12. The van der Waals surface area contributed by atoms with Gasteiger partial charge in [-0.3, -0.25) is 0 Å². The predicted molar refractivity (Wildman–Crippen MR) is 138 cm³/mol. The van der Waals surface area contributed by atoms with Crippen molar-refractivity contribution in [3.8, 4) is 22.3 Å². The Hall–Kier alpha value is -3.39. The third kappa shape index (κ3) is 3.45. The number of fused-ring (bicyclic) bond motifs is 3. The van der Waals surface area contributed by atoms with Gasteiger partial charge in [-0.2, -0.15) is 0 Å². The van der Waals surface area contributed by atoms with Crippen LogP contribution in [0.1, 0.15) is 48.5 Å². The third-order valence-electron chi connectivity index (χ3n) is 6.79. The number of anilines is 2. The van der Waals surface area contributed by atoms with Gasteiger partial charge in [0.05, 0.1) is 5.69 Å². The van der Waals surface area contributed by atoms with Gasteiger partial charge in [-0.05, 0) is 77.8 Å². The zero-order valence-corrected chi connectivity index (χ0v) is 19.5. The first-order valence-corrected chi connectivity index (χ1v) is 11.4. The quantitative estimate of drug-likeness (QED) is 0.308. The molecule has 2 heteroatoms. The van der Waals surface area contributed by atoms with E-state index in [2.05, 4.69) is 19.9 Å². The summed E-state index contributed by atoms with van der Waals surface area (Å²) in [5.74, 6) is -0.364. The Morgan fingerprint density at radius 2 is 1.48 bits per heavy atom. The van der Waals surface area contributed by atoms with Crippen molar-refractivity contribution >= 4 is 11.4 Å². The molecule has 5 rings (SSSR count). The number of nitrogens with zero attached hydrogens (tertiary/aromatic N) is 1. The van der Waals surface area contributed by atoms with E-state index in [4.69, 9.17) is 4.11 Å². The van der Waals surface area contributed by atoms with Crippen molar-refractivity contribution in [1.82, 2.24) is 0 Å². The highest BCUT2D eigenvalue weighted by Crippen LogP contribution is 2.51. The molecule has 4 aromatic carbocycles. The fourth-order valence-electron chi connectivity index (χ4n) is 5.12. The van der Waals surface area contributed by atoms with Crippen LogP contribution in [0.5, 0.6) is 0 Å². The highest BCUT2D eigenvalue weighted by Gasteiger charge is 2.37. The maximum absolute atomic E-state index is 16.0. The average Bonchev–Trinajstić information content (AvgIpc) is 3.05. The Kier molecular flexibility index (Phi) is 4.32. The molecule has 0 spiro atoms. The topological polar surface area (TPSA) is 3.24 Å². The normalized spacial score (nSPS) is 15.4. The van der Waals surface area contributed by atoms with Gasteiger partial charge in [-0.1, -0.05) is 80.6 Å². The van der Waals surface area contributed by atoms with Gasteiger partial charge in [-0.25, -0.2) is 4.39 Å². The molecule has 0 saturated carbocycles. The van der Waals surface area contributed by atoms with Crippen LogP contribution in [0.15, 0.2) is 84.9 Å². The lowest BCUT2D eigenvalue weighted by Crippen LogP contribution is -2.28. The average molecular weight is 439 g/mol. The molecule has 0 saturated heterocycles. The molecule has 33 heavy (non-hydrogen) atoms. The summed E-state index contributed by atoms with van der Waals surface area (Å²) >= 11 is 0. The Balaban J connectivity index is 1.74. The lowest BCUT2D eigenvalue weighted by Gasteiger charge is -2.33. The van der Waals surface area contributed by atoms with Crippen LogP contribution in [0.3, 0.4) is 0 Å². The first kappa shape index (κ1) is 18.1. The number of halogens is 1. The third-order valence-corrected chi connectivity index (χ3v) is 6.79. The van der Waals surface area contributed by atoms with E-state index in [1.165, 1.54) is 5.56 Å². The highest BCUT2D eigenvalue weighted by atomic mass is 19.1. The van der Waals surface area contributed by atoms with Crippen molar-refractivity contribution in [3.63, 3.8) is 0 Å². The Labute approximate surface area is 200 Å². The van der Waals surface area contributed by atoms with Crippen molar-refractivity contribution < 1.29 is 8.50 Å². The van der Waals surface area contributed by atoms with Crippen molar-refractivity contribution in [1.29, 1.82) is 0 Å². The maximum atomic E-state index is 16.0. The second-order valence-corrected chi connectivity index (χ2v) is 9.58. The van der Waals surface area contributed by atoms with E-state index < -0.39 is 6.85 Å². The predicted octanol–water partition coefficient (Wildman–Crippen LogP) is 8.65. The largest absolute Gasteiger partial charge is 0.336 e. The Morgan fingerprint density at radius 3 is 2.21 bits per heavy atom.